The minimum atomic E-state index is -0.325. The van der Waals surface area contributed by atoms with Crippen molar-refractivity contribution in [2.24, 2.45) is 0 Å². The lowest BCUT2D eigenvalue weighted by molar-refractivity contribution is 0.0962. The maximum atomic E-state index is 12.0. The molecular formula is C17H17N7O. The van der Waals surface area contributed by atoms with Crippen LogP contribution in [0.25, 0.3) is 0 Å². The average Bonchev–Trinajstić information content (AvgIpc) is 2.64. The second kappa shape index (κ2) is 7.26. The monoisotopic (exact) mass is 335 g/mol. The van der Waals surface area contributed by atoms with Crippen molar-refractivity contribution in [2.45, 2.75) is 6.92 Å². The molecule has 3 rings (SSSR count). The molecule has 0 bridgehead atoms. The van der Waals surface area contributed by atoms with Crippen LogP contribution in [-0.2, 0) is 0 Å². The summed E-state index contributed by atoms with van der Waals surface area (Å²) in [7, 11) is 0. The first-order valence-corrected chi connectivity index (χ1v) is 7.54. The van der Waals surface area contributed by atoms with Gasteiger partial charge in [-0.3, -0.25) is 20.6 Å². The van der Waals surface area contributed by atoms with Crippen LogP contribution < -0.4 is 21.9 Å². The zero-order valence-corrected chi connectivity index (χ0v) is 13.5. The van der Waals surface area contributed by atoms with Gasteiger partial charge >= 0.3 is 0 Å². The predicted molar refractivity (Wildman–Crippen MR) is 96.2 cm³/mol. The number of benzene rings is 1. The lowest BCUT2D eigenvalue weighted by Gasteiger charge is -2.14. The van der Waals surface area contributed by atoms with E-state index in [4.69, 9.17) is 5.73 Å². The second-order valence-electron chi connectivity index (χ2n) is 5.24. The number of aryl methyl sites for hydroxylation is 1. The van der Waals surface area contributed by atoms with E-state index in [1.54, 1.807) is 12.1 Å². The maximum absolute atomic E-state index is 12.0. The number of amides is 1. The number of hydrogen-bond donors (Lipinski definition) is 4. The van der Waals surface area contributed by atoms with E-state index < -0.39 is 0 Å². The van der Waals surface area contributed by atoms with Gasteiger partial charge in [-0.15, -0.1) is 0 Å². The Labute approximate surface area is 144 Å². The van der Waals surface area contributed by atoms with Crippen molar-refractivity contribution >= 4 is 28.9 Å². The third-order valence-electron chi connectivity index (χ3n) is 3.52. The summed E-state index contributed by atoms with van der Waals surface area (Å²) in [5.74, 6) is 0.423. The van der Waals surface area contributed by atoms with Crippen molar-refractivity contribution in [1.29, 1.82) is 0 Å². The third-order valence-corrected chi connectivity index (χ3v) is 3.52. The summed E-state index contributed by atoms with van der Waals surface area (Å²) < 4.78 is 0. The minimum absolute atomic E-state index is 0.292. The van der Waals surface area contributed by atoms with Gasteiger partial charge in [0, 0.05) is 23.6 Å². The van der Waals surface area contributed by atoms with E-state index in [1.807, 2.05) is 31.2 Å². The number of hydrazine groups is 1. The molecule has 0 atom stereocenters. The summed E-state index contributed by atoms with van der Waals surface area (Å²) in [6.45, 7) is 1.98. The van der Waals surface area contributed by atoms with E-state index in [0.29, 0.717) is 22.9 Å². The number of nitrogens with two attached hydrogens (primary N) is 1. The van der Waals surface area contributed by atoms with Crippen LogP contribution in [0.5, 0.6) is 0 Å². The highest BCUT2D eigenvalue weighted by Gasteiger charge is 2.11. The van der Waals surface area contributed by atoms with Crippen LogP contribution in [0.3, 0.4) is 0 Å². The van der Waals surface area contributed by atoms with Gasteiger partial charge in [0.25, 0.3) is 5.91 Å². The Morgan fingerprint density at radius 2 is 1.76 bits per heavy atom. The van der Waals surface area contributed by atoms with Crippen LogP contribution in [0.2, 0.25) is 0 Å². The second-order valence-corrected chi connectivity index (χ2v) is 5.24. The molecule has 0 aliphatic carbocycles. The van der Waals surface area contributed by atoms with Gasteiger partial charge in [0.1, 0.15) is 12.0 Å². The van der Waals surface area contributed by atoms with Gasteiger partial charge in [-0.05, 0) is 30.7 Å². The molecule has 0 unspecified atom stereocenters. The van der Waals surface area contributed by atoms with Crippen molar-refractivity contribution in [3.05, 3.63) is 66.2 Å². The number of nitrogen functional groups attached to an aromatic ring is 1. The van der Waals surface area contributed by atoms with Crippen LogP contribution in [0.4, 0.5) is 23.0 Å². The molecule has 3 aromatic rings. The summed E-state index contributed by atoms with van der Waals surface area (Å²) in [4.78, 5) is 24.1. The number of pyridine rings is 1. The highest BCUT2D eigenvalue weighted by atomic mass is 16.2. The van der Waals surface area contributed by atoms with Crippen LogP contribution in [0.15, 0.2) is 55.1 Å². The third kappa shape index (κ3) is 3.81. The van der Waals surface area contributed by atoms with Crippen LogP contribution in [0, 0.1) is 6.92 Å². The molecule has 1 aromatic carbocycles. The Bertz CT molecular complexity index is 883. The van der Waals surface area contributed by atoms with E-state index in [0.717, 1.165) is 11.3 Å². The van der Waals surface area contributed by atoms with Gasteiger partial charge in [-0.25, -0.2) is 9.97 Å². The number of nitrogens with zero attached hydrogens (tertiary/aromatic N) is 3. The fourth-order valence-corrected chi connectivity index (χ4v) is 2.13. The standard InChI is InChI=1S/C17H17N7O/c1-11-4-2-3-5-13(11)22-15-14(18)16(21-10-20-15)23-24-17(25)12-6-8-19-9-7-12/h2-10H,18H2,1H3,(H,24,25)(H2,20,21,22,23). The SMILES string of the molecule is Cc1ccccc1Nc1ncnc(NNC(=O)c2ccncc2)c1N. The first-order chi connectivity index (χ1) is 12.1. The maximum Gasteiger partial charge on any atom is 0.269 e. The molecule has 1 amide bonds. The minimum Gasteiger partial charge on any atom is -0.393 e. The van der Waals surface area contributed by atoms with Crippen molar-refractivity contribution < 1.29 is 4.79 Å². The topological polar surface area (TPSA) is 118 Å². The number of carbonyl (C=O) groups excluding carboxylic acids is 1. The Morgan fingerprint density at radius 3 is 2.52 bits per heavy atom. The molecule has 0 saturated heterocycles. The number of rotatable bonds is 5. The molecule has 5 N–H and O–H groups in total. The number of nitrogens with one attached hydrogen (secondary N) is 3. The number of hydrogen-bond acceptors (Lipinski definition) is 7. The van der Waals surface area contributed by atoms with Crippen molar-refractivity contribution in [3.8, 4) is 0 Å². The summed E-state index contributed by atoms with van der Waals surface area (Å²) >= 11 is 0. The lowest BCUT2D eigenvalue weighted by atomic mass is 10.2. The van der Waals surface area contributed by atoms with Crippen LogP contribution in [0.1, 0.15) is 15.9 Å². The number of anilines is 4. The number of para-hydroxylation sites is 1. The van der Waals surface area contributed by atoms with Gasteiger partial charge in [0.15, 0.2) is 11.6 Å². The molecule has 0 aliphatic heterocycles. The molecule has 0 saturated carbocycles. The van der Waals surface area contributed by atoms with Gasteiger partial charge < -0.3 is 11.1 Å². The fourth-order valence-electron chi connectivity index (χ4n) is 2.13. The van der Waals surface area contributed by atoms with E-state index in [1.165, 1.54) is 18.7 Å². The molecule has 2 aromatic heterocycles. The Kier molecular flexibility index (Phi) is 4.70. The lowest BCUT2D eigenvalue weighted by Crippen LogP contribution is -2.30. The van der Waals surface area contributed by atoms with Crippen molar-refractivity contribution in [2.75, 3.05) is 16.5 Å². The zero-order valence-electron chi connectivity index (χ0n) is 13.5. The molecular weight excluding hydrogens is 318 g/mol. The van der Waals surface area contributed by atoms with Crippen molar-refractivity contribution in [1.82, 2.24) is 20.4 Å². The summed E-state index contributed by atoms with van der Waals surface area (Å²) in [5, 5.41) is 3.16. The largest absolute Gasteiger partial charge is 0.393 e. The van der Waals surface area contributed by atoms with E-state index in [2.05, 4.69) is 31.1 Å². The zero-order chi connectivity index (χ0) is 17.6. The highest BCUT2D eigenvalue weighted by molar-refractivity contribution is 5.95. The molecule has 8 nitrogen and oxygen atoms in total. The molecule has 2 heterocycles. The Hall–Kier alpha value is -3.68. The van der Waals surface area contributed by atoms with Gasteiger partial charge in [0.05, 0.1) is 0 Å². The molecule has 126 valence electrons. The summed E-state index contributed by atoms with van der Waals surface area (Å²) in [6.07, 6.45) is 4.44. The molecule has 25 heavy (non-hydrogen) atoms. The highest BCUT2D eigenvalue weighted by Crippen LogP contribution is 2.26. The molecule has 0 fully saturated rings. The molecule has 8 heteroatoms. The van der Waals surface area contributed by atoms with E-state index >= 15 is 0 Å². The predicted octanol–water partition coefficient (Wildman–Crippen LogP) is 2.26. The van der Waals surface area contributed by atoms with E-state index in [9.17, 15) is 4.79 Å². The van der Waals surface area contributed by atoms with Crippen molar-refractivity contribution in [3.63, 3.8) is 0 Å². The first-order valence-electron chi connectivity index (χ1n) is 7.54. The first kappa shape index (κ1) is 16.2. The summed E-state index contributed by atoms with van der Waals surface area (Å²) in [6, 6.07) is 11.0. The fraction of sp³-hybridized carbons (Fsp3) is 0.0588. The summed E-state index contributed by atoms with van der Waals surface area (Å²) in [5.41, 5.74) is 14.1. The van der Waals surface area contributed by atoms with Gasteiger partial charge in [-0.1, -0.05) is 18.2 Å². The molecule has 0 radical (unpaired) electrons. The van der Waals surface area contributed by atoms with Crippen LogP contribution in [-0.4, -0.2) is 20.9 Å². The Morgan fingerprint density at radius 1 is 1.04 bits per heavy atom. The number of carbonyl (C=O) groups is 1. The van der Waals surface area contributed by atoms with E-state index in [-0.39, 0.29) is 5.91 Å². The Balaban J connectivity index is 1.73. The smallest absolute Gasteiger partial charge is 0.269 e. The van der Waals surface area contributed by atoms with Crippen LogP contribution >= 0.6 is 0 Å². The van der Waals surface area contributed by atoms with Gasteiger partial charge in [-0.2, -0.15) is 0 Å². The number of aromatic nitrogens is 3. The quantitative estimate of drug-likeness (QED) is 0.528. The molecule has 0 aliphatic rings. The molecule has 0 spiro atoms. The average molecular weight is 335 g/mol. The normalized spacial score (nSPS) is 10.1. The van der Waals surface area contributed by atoms with Gasteiger partial charge in [0.2, 0.25) is 0 Å².